The first-order chi connectivity index (χ1) is 8.61. The standard InChI is InChI=1S/C17H29NO/c1-16(2,3)13-10-12(8-9-18)15(19-7)14(11-13)17(4,5)6/h10-11H,8-9,18H2,1-7H3. The van der Waals surface area contributed by atoms with Gasteiger partial charge in [-0.25, -0.2) is 0 Å². The van der Waals surface area contributed by atoms with Crippen LogP contribution in [0, 0.1) is 0 Å². The molecular formula is C17H29NO. The Morgan fingerprint density at radius 3 is 1.95 bits per heavy atom. The molecule has 0 bridgehead atoms. The predicted molar refractivity (Wildman–Crippen MR) is 83.2 cm³/mol. The fraction of sp³-hybridized carbons (Fsp3) is 0.647. The molecule has 0 amide bonds. The van der Waals surface area contributed by atoms with Crippen LogP contribution in [0.1, 0.15) is 58.2 Å². The summed E-state index contributed by atoms with van der Waals surface area (Å²) in [6.45, 7) is 14.1. The van der Waals surface area contributed by atoms with Crippen molar-refractivity contribution in [2.24, 2.45) is 5.73 Å². The van der Waals surface area contributed by atoms with Gasteiger partial charge in [-0.05, 0) is 34.9 Å². The van der Waals surface area contributed by atoms with Crippen LogP contribution >= 0.6 is 0 Å². The van der Waals surface area contributed by atoms with Crippen molar-refractivity contribution < 1.29 is 4.74 Å². The lowest BCUT2D eigenvalue weighted by molar-refractivity contribution is 0.391. The van der Waals surface area contributed by atoms with Gasteiger partial charge in [0.2, 0.25) is 0 Å². The van der Waals surface area contributed by atoms with E-state index in [1.807, 2.05) is 0 Å². The lowest BCUT2D eigenvalue weighted by Crippen LogP contribution is -2.19. The van der Waals surface area contributed by atoms with Gasteiger partial charge in [0.25, 0.3) is 0 Å². The fourth-order valence-corrected chi connectivity index (χ4v) is 2.26. The second kappa shape index (κ2) is 5.54. The molecule has 0 aliphatic heterocycles. The molecule has 2 nitrogen and oxygen atoms in total. The van der Waals surface area contributed by atoms with Crippen molar-refractivity contribution in [1.82, 2.24) is 0 Å². The van der Waals surface area contributed by atoms with Crippen molar-refractivity contribution in [3.05, 3.63) is 28.8 Å². The highest BCUT2D eigenvalue weighted by Gasteiger charge is 2.25. The van der Waals surface area contributed by atoms with E-state index in [1.165, 1.54) is 16.7 Å². The summed E-state index contributed by atoms with van der Waals surface area (Å²) in [6.07, 6.45) is 0.857. The molecule has 108 valence electrons. The maximum atomic E-state index is 5.75. The first kappa shape index (κ1) is 16.0. The SMILES string of the molecule is COc1c(CCN)cc(C(C)(C)C)cc1C(C)(C)C. The predicted octanol–water partition coefficient (Wildman–Crippen LogP) is 3.79. The normalized spacial score (nSPS) is 12.6. The minimum absolute atomic E-state index is 0.0654. The van der Waals surface area contributed by atoms with Gasteiger partial charge in [-0.3, -0.25) is 0 Å². The maximum Gasteiger partial charge on any atom is 0.125 e. The highest BCUT2D eigenvalue weighted by Crippen LogP contribution is 2.38. The van der Waals surface area contributed by atoms with E-state index in [1.54, 1.807) is 7.11 Å². The Kier molecular flexibility index (Phi) is 4.67. The van der Waals surface area contributed by atoms with Gasteiger partial charge in [-0.2, -0.15) is 0 Å². The van der Waals surface area contributed by atoms with Crippen molar-refractivity contribution in [3.63, 3.8) is 0 Å². The van der Waals surface area contributed by atoms with Crippen LogP contribution in [0.2, 0.25) is 0 Å². The summed E-state index contributed by atoms with van der Waals surface area (Å²) in [7, 11) is 1.75. The summed E-state index contributed by atoms with van der Waals surface area (Å²) >= 11 is 0. The van der Waals surface area contributed by atoms with Gasteiger partial charge in [-0.15, -0.1) is 0 Å². The molecule has 0 unspecified atom stereocenters. The van der Waals surface area contributed by atoms with Gasteiger partial charge in [0.15, 0.2) is 0 Å². The third-order valence-electron chi connectivity index (χ3n) is 3.46. The van der Waals surface area contributed by atoms with Gasteiger partial charge >= 0.3 is 0 Å². The zero-order valence-electron chi connectivity index (χ0n) is 13.6. The molecule has 1 rings (SSSR count). The van der Waals surface area contributed by atoms with Crippen molar-refractivity contribution in [3.8, 4) is 5.75 Å². The van der Waals surface area contributed by atoms with Crippen molar-refractivity contribution in [2.45, 2.75) is 58.8 Å². The average molecular weight is 263 g/mol. The topological polar surface area (TPSA) is 35.2 Å². The van der Waals surface area contributed by atoms with E-state index in [4.69, 9.17) is 10.5 Å². The molecule has 19 heavy (non-hydrogen) atoms. The molecule has 0 aromatic heterocycles. The van der Waals surface area contributed by atoms with E-state index in [0.29, 0.717) is 6.54 Å². The number of nitrogens with two attached hydrogens (primary N) is 1. The first-order valence-corrected chi connectivity index (χ1v) is 7.03. The summed E-state index contributed by atoms with van der Waals surface area (Å²) < 4.78 is 5.67. The molecule has 0 radical (unpaired) electrons. The van der Waals surface area contributed by atoms with Gasteiger partial charge in [-0.1, -0.05) is 53.7 Å². The molecule has 0 aliphatic rings. The van der Waals surface area contributed by atoms with Gasteiger partial charge < -0.3 is 10.5 Å². The Hall–Kier alpha value is -1.02. The number of hydrogen-bond acceptors (Lipinski definition) is 2. The Bertz CT molecular complexity index is 436. The Labute approximate surface area is 118 Å². The minimum Gasteiger partial charge on any atom is -0.496 e. The largest absolute Gasteiger partial charge is 0.496 e. The molecular weight excluding hydrogens is 234 g/mol. The second-order valence-electron chi connectivity index (χ2n) is 7.25. The number of methoxy groups -OCH3 is 1. The molecule has 0 fully saturated rings. The van der Waals surface area contributed by atoms with E-state index >= 15 is 0 Å². The molecule has 0 saturated carbocycles. The Morgan fingerprint density at radius 2 is 1.58 bits per heavy atom. The molecule has 1 aromatic rings. The Morgan fingerprint density at radius 1 is 1.00 bits per heavy atom. The van der Waals surface area contributed by atoms with Crippen LogP contribution in [0.3, 0.4) is 0 Å². The lowest BCUT2D eigenvalue weighted by atomic mass is 9.78. The molecule has 0 aliphatic carbocycles. The number of rotatable bonds is 3. The molecule has 0 spiro atoms. The van der Waals surface area contributed by atoms with E-state index in [2.05, 4.69) is 53.7 Å². The van der Waals surface area contributed by atoms with Crippen LogP contribution < -0.4 is 10.5 Å². The number of benzene rings is 1. The molecule has 0 heterocycles. The van der Waals surface area contributed by atoms with Crippen LogP contribution in [0.15, 0.2) is 12.1 Å². The second-order valence-corrected chi connectivity index (χ2v) is 7.25. The van der Waals surface area contributed by atoms with Crippen LogP contribution in [-0.2, 0) is 17.3 Å². The zero-order chi connectivity index (χ0) is 14.8. The highest BCUT2D eigenvalue weighted by molar-refractivity contribution is 5.49. The van der Waals surface area contributed by atoms with Crippen molar-refractivity contribution in [2.75, 3.05) is 13.7 Å². The summed E-state index contributed by atoms with van der Waals surface area (Å²) in [6, 6.07) is 4.54. The average Bonchev–Trinajstić information content (AvgIpc) is 2.26. The number of ether oxygens (including phenoxy) is 1. The molecule has 2 heteroatoms. The lowest BCUT2D eigenvalue weighted by Gasteiger charge is -2.28. The minimum atomic E-state index is 0.0654. The highest BCUT2D eigenvalue weighted by atomic mass is 16.5. The van der Waals surface area contributed by atoms with Crippen LogP contribution in [0.25, 0.3) is 0 Å². The summed E-state index contributed by atoms with van der Waals surface area (Å²) in [5, 5.41) is 0. The third-order valence-corrected chi connectivity index (χ3v) is 3.46. The van der Waals surface area contributed by atoms with Gasteiger partial charge in [0, 0.05) is 5.56 Å². The first-order valence-electron chi connectivity index (χ1n) is 7.03. The van der Waals surface area contributed by atoms with Crippen LogP contribution in [0.4, 0.5) is 0 Å². The van der Waals surface area contributed by atoms with Crippen LogP contribution in [0.5, 0.6) is 5.75 Å². The van der Waals surface area contributed by atoms with E-state index < -0.39 is 0 Å². The van der Waals surface area contributed by atoms with E-state index in [0.717, 1.165) is 12.2 Å². The molecule has 2 N–H and O–H groups in total. The molecule has 0 saturated heterocycles. The summed E-state index contributed by atoms with van der Waals surface area (Å²) in [5.41, 5.74) is 9.79. The number of hydrogen-bond donors (Lipinski definition) is 1. The quantitative estimate of drug-likeness (QED) is 0.900. The van der Waals surface area contributed by atoms with Gasteiger partial charge in [0.05, 0.1) is 7.11 Å². The Balaban J connectivity index is 3.55. The maximum absolute atomic E-state index is 5.75. The zero-order valence-corrected chi connectivity index (χ0v) is 13.6. The monoisotopic (exact) mass is 263 g/mol. The molecule has 1 aromatic carbocycles. The smallest absolute Gasteiger partial charge is 0.125 e. The third kappa shape index (κ3) is 3.73. The molecule has 0 atom stereocenters. The van der Waals surface area contributed by atoms with Gasteiger partial charge in [0.1, 0.15) is 5.75 Å². The van der Waals surface area contributed by atoms with E-state index in [-0.39, 0.29) is 10.8 Å². The summed E-state index contributed by atoms with van der Waals surface area (Å²) in [4.78, 5) is 0. The van der Waals surface area contributed by atoms with Crippen molar-refractivity contribution in [1.29, 1.82) is 0 Å². The fourth-order valence-electron chi connectivity index (χ4n) is 2.26. The van der Waals surface area contributed by atoms with E-state index in [9.17, 15) is 0 Å². The van der Waals surface area contributed by atoms with Crippen LogP contribution in [-0.4, -0.2) is 13.7 Å². The van der Waals surface area contributed by atoms with Crippen molar-refractivity contribution >= 4 is 0 Å². The summed E-state index contributed by atoms with van der Waals surface area (Å²) in [5.74, 6) is 1.01.